The highest BCUT2D eigenvalue weighted by Crippen LogP contribution is 2.44. The van der Waals surface area contributed by atoms with Gasteiger partial charge in [-0.2, -0.15) is 8.78 Å². The Kier molecular flexibility index (Phi) is 17.4. The third-order valence-corrected chi connectivity index (χ3v) is 16.7. The second-order valence-corrected chi connectivity index (χ2v) is 24.0. The van der Waals surface area contributed by atoms with E-state index >= 15 is 8.78 Å². The molecule has 0 unspecified atom stereocenters. The summed E-state index contributed by atoms with van der Waals surface area (Å²) in [6.07, 6.45) is 1.08. The van der Waals surface area contributed by atoms with E-state index in [-0.39, 0.29) is 55.1 Å². The van der Waals surface area contributed by atoms with Crippen LogP contribution < -0.4 is 9.48 Å². The van der Waals surface area contributed by atoms with E-state index in [1.165, 1.54) is 33.0 Å². The average molecular weight is 1030 g/mol. The van der Waals surface area contributed by atoms with Gasteiger partial charge in [-0.05, 0) is 121 Å². The van der Waals surface area contributed by atoms with Crippen LogP contribution in [-0.4, -0.2) is 47.2 Å². The molecule has 0 saturated carbocycles. The molecule has 15 heteroatoms. The van der Waals surface area contributed by atoms with Gasteiger partial charge in [0.1, 0.15) is 11.3 Å². The zero-order valence-corrected chi connectivity index (χ0v) is 44.8. The van der Waals surface area contributed by atoms with Crippen molar-refractivity contribution in [3.8, 4) is 22.5 Å². The lowest BCUT2D eigenvalue weighted by Crippen LogP contribution is -2.45. The van der Waals surface area contributed by atoms with E-state index in [4.69, 9.17) is 14.1 Å². The van der Waals surface area contributed by atoms with Crippen molar-refractivity contribution in [2.24, 2.45) is 10.4 Å². The predicted molar refractivity (Wildman–Crippen MR) is 280 cm³/mol. The van der Waals surface area contributed by atoms with E-state index < -0.39 is 54.2 Å². The van der Waals surface area contributed by atoms with E-state index in [2.05, 4.69) is 90.5 Å². The Bertz CT molecular complexity index is 3160. The second-order valence-electron chi connectivity index (χ2n) is 20.3. The topological polar surface area (TPSA) is 158 Å². The van der Waals surface area contributed by atoms with Crippen LogP contribution in [-0.2, 0) is 45.5 Å². The van der Waals surface area contributed by atoms with Gasteiger partial charge in [-0.1, -0.05) is 133 Å². The fourth-order valence-corrected chi connectivity index (χ4v) is 11.6. The number of fused-ring (bicyclic) bond motifs is 2. The van der Waals surface area contributed by atoms with E-state index in [9.17, 15) is 26.4 Å². The lowest BCUT2D eigenvalue weighted by atomic mass is 9.85. The number of halogens is 2. The van der Waals surface area contributed by atoms with Gasteiger partial charge in [-0.3, -0.25) is 9.59 Å². The molecule has 0 atom stereocenters. The van der Waals surface area contributed by atoms with Gasteiger partial charge in [0.25, 0.3) is 20.0 Å². The number of rotatable bonds is 21. The third kappa shape index (κ3) is 12.5. The summed E-state index contributed by atoms with van der Waals surface area (Å²) in [7, 11) is -11.3. The largest absolute Gasteiger partial charge is 0.465 e. The molecule has 4 aromatic rings. The number of nitrogens with zero attached hydrogens (tertiary/aromatic N) is 1. The van der Waals surface area contributed by atoms with E-state index in [0.29, 0.717) is 46.1 Å². The Labute approximate surface area is 423 Å². The molecule has 6 rings (SSSR count). The van der Waals surface area contributed by atoms with Crippen LogP contribution in [0.25, 0.3) is 33.4 Å². The first-order chi connectivity index (χ1) is 33.8. The van der Waals surface area contributed by atoms with Crippen LogP contribution in [0.2, 0.25) is 0 Å². The number of nitrogens with one attached hydrogen (secondary N) is 1. The molecule has 1 heterocycles. The minimum absolute atomic E-state index is 0.0100. The van der Waals surface area contributed by atoms with Gasteiger partial charge >= 0.3 is 17.2 Å². The Hall–Kier alpha value is -5.77. The van der Waals surface area contributed by atoms with Gasteiger partial charge in [0.2, 0.25) is 0 Å². The molecule has 0 bridgehead atoms. The zero-order valence-electron chi connectivity index (χ0n) is 43.2. The molecule has 0 amide bonds. The first-order valence-electron chi connectivity index (χ1n) is 24.7. The van der Waals surface area contributed by atoms with Crippen LogP contribution in [0.4, 0.5) is 14.5 Å². The number of alkyl halides is 2. The van der Waals surface area contributed by atoms with Crippen LogP contribution in [0.3, 0.4) is 0 Å². The Morgan fingerprint density at radius 3 is 1.90 bits per heavy atom. The minimum atomic E-state index is -6.05. The van der Waals surface area contributed by atoms with Crippen molar-refractivity contribution in [1.29, 1.82) is 0 Å². The SMILES string of the molecule is CCC(C)(C)C(=O)OCCCCC(=O)OCC(F)(F)S(=O)(=O)NS(=O)(=O)c1ccccc1-c1c2ccc(=Nc3c(C(C)C)cccc3C(C)C)cc-2oc2cc(Cc3c(C(C)C)cccc3C(C)C)ccc12. The summed E-state index contributed by atoms with van der Waals surface area (Å²) in [5.74, 6) is -0.364. The number of hydrogen-bond acceptors (Lipinski definition) is 10. The summed E-state index contributed by atoms with van der Waals surface area (Å²) in [6.45, 7) is 20.4. The summed E-state index contributed by atoms with van der Waals surface area (Å²) in [5.41, 5.74) is 8.08. The first-order valence-corrected chi connectivity index (χ1v) is 27.6. The fraction of sp³-hybridized carbons (Fsp3) is 0.421. The Morgan fingerprint density at radius 2 is 1.31 bits per heavy atom. The molecule has 0 saturated heterocycles. The smallest absolute Gasteiger partial charge is 0.393 e. The van der Waals surface area contributed by atoms with Gasteiger partial charge in [-0.15, -0.1) is 0 Å². The number of esters is 2. The summed E-state index contributed by atoms with van der Waals surface area (Å²) < 4.78 is 104. The molecule has 1 aliphatic heterocycles. The summed E-state index contributed by atoms with van der Waals surface area (Å²) in [6, 6.07) is 29.1. The van der Waals surface area contributed by atoms with Crippen molar-refractivity contribution in [3.63, 3.8) is 0 Å². The minimum Gasteiger partial charge on any atom is -0.465 e. The molecule has 2 aliphatic rings. The maximum absolute atomic E-state index is 15.5. The molecule has 1 N–H and O–H groups in total. The number of para-hydroxylation sites is 1. The number of carbonyl (C=O) groups excluding carboxylic acids is 2. The summed E-state index contributed by atoms with van der Waals surface area (Å²) in [5, 5.41) is -3.81. The standard InChI is InChI=1S/C57H68F2N2O9S2/c1-12-56(10,11)55(63)68-30-16-15-25-52(62)69-34-57(58,59)72(66,67)61-71(64,65)51-24-14-13-19-47(51)53-45-28-26-39(31-48-41(35(2)3)20-17-21-42(48)36(4)5)32-49(45)70-50-33-40(27-29-46(50)53)60-54-43(37(6)7)22-18-23-44(54)38(8)9/h13-14,17-24,26-29,32-33,35-38,61H,12,15-16,25,30-31,34H2,1-11H3. The van der Waals surface area contributed by atoms with Crippen LogP contribution in [0, 0.1) is 5.41 Å². The van der Waals surface area contributed by atoms with Crippen LogP contribution in [0.5, 0.6) is 0 Å². The van der Waals surface area contributed by atoms with Crippen molar-refractivity contribution in [3.05, 3.63) is 136 Å². The maximum atomic E-state index is 15.5. The molecule has 0 aromatic heterocycles. The van der Waals surface area contributed by atoms with Crippen LogP contribution in [0.15, 0.2) is 111 Å². The van der Waals surface area contributed by atoms with E-state index in [1.54, 1.807) is 38.1 Å². The highest BCUT2D eigenvalue weighted by molar-refractivity contribution is 8.05. The second kappa shape index (κ2) is 22.6. The van der Waals surface area contributed by atoms with Gasteiger partial charge in [0, 0.05) is 34.6 Å². The first kappa shape index (κ1) is 55.5. The molecular weight excluding hydrogens is 959 g/mol. The van der Waals surface area contributed by atoms with Gasteiger partial charge in [0.05, 0.1) is 28.0 Å². The van der Waals surface area contributed by atoms with E-state index in [0.717, 1.165) is 28.4 Å². The molecule has 0 radical (unpaired) electrons. The number of ether oxygens (including phenoxy) is 2. The van der Waals surface area contributed by atoms with Crippen molar-refractivity contribution in [2.45, 2.75) is 142 Å². The highest BCUT2D eigenvalue weighted by Gasteiger charge is 2.49. The van der Waals surface area contributed by atoms with E-state index in [1.807, 2.05) is 31.2 Å². The zero-order chi connectivity index (χ0) is 52.9. The van der Waals surface area contributed by atoms with Crippen LogP contribution >= 0.6 is 0 Å². The van der Waals surface area contributed by atoms with Gasteiger partial charge in [0.15, 0.2) is 6.61 Å². The Morgan fingerprint density at radius 1 is 0.708 bits per heavy atom. The third-order valence-electron chi connectivity index (χ3n) is 13.1. The lowest BCUT2D eigenvalue weighted by molar-refractivity contribution is -0.154. The number of benzene rings is 5. The number of sulfonamides is 2. The fourth-order valence-electron chi connectivity index (χ4n) is 8.62. The molecule has 72 heavy (non-hydrogen) atoms. The predicted octanol–water partition coefficient (Wildman–Crippen LogP) is 13.4. The normalized spacial score (nSPS) is 13.0. The van der Waals surface area contributed by atoms with Crippen LogP contribution in [0.1, 0.15) is 159 Å². The molecule has 0 fully saturated rings. The van der Waals surface area contributed by atoms with Crippen molar-refractivity contribution in [1.82, 2.24) is 4.13 Å². The maximum Gasteiger partial charge on any atom is 0.393 e. The van der Waals surface area contributed by atoms with Gasteiger partial charge in [-0.25, -0.2) is 21.8 Å². The quantitative estimate of drug-likeness (QED) is 0.0421. The van der Waals surface area contributed by atoms with Crippen molar-refractivity contribution >= 4 is 48.6 Å². The molecule has 4 aromatic carbocycles. The van der Waals surface area contributed by atoms with Crippen molar-refractivity contribution in [2.75, 3.05) is 13.2 Å². The molecule has 11 nitrogen and oxygen atoms in total. The summed E-state index contributed by atoms with van der Waals surface area (Å²) >= 11 is 0. The van der Waals surface area contributed by atoms with Gasteiger partial charge < -0.3 is 13.9 Å². The summed E-state index contributed by atoms with van der Waals surface area (Å²) in [4.78, 5) is 29.2. The number of carbonyl (C=O) groups is 2. The number of unbranched alkanes of at least 4 members (excludes halogenated alkanes) is 1. The molecular formula is C57H68F2N2O9S2. The average Bonchev–Trinajstić information content (AvgIpc) is 3.31. The number of hydrogen-bond donors (Lipinski definition) is 1. The molecule has 386 valence electrons. The molecule has 0 spiro atoms. The lowest BCUT2D eigenvalue weighted by Gasteiger charge is -2.21. The Balaban J connectivity index is 1.41. The van der Waals surface area contributed by atoms with Crippen molar-refractivity contribution < 1.29 is 49.1 Å². The molecule has 1 aliphatic carbocycles. The monoisotopic (exact) mass is 1030 g/mol. The highest BCUT2D eigenvalue weighted by atomic mass is 32.3.